The van der Waals surface area contributed by atoms with Crippen LogP contribution in [-0.4, -0.2) is 61.3 Å². The zero-order valence-electron chi connectivity index (χ0n) is 27.0. The number of alkyl carbamates (subject to hydrolysis) is 1. The molecule has 5 rings (SSSR count). The highest BCUT2D eigenvalue weighted by molar-refractivity contribution is 5.91. The lowest BCUT2D eigenvalue weighted by molar-refractivity contribution is -0.133. The van der Waals surface area contributed by atoms with Crippen LogP contribution in [0.4, 0.5) is 4.79 Å². The molecule has 4 aliphatic rings. The minimum atomic E-state index is -0.682. The van der Waals surface area contributed by atoms with Crippen molar-refractivity contribution in [1.29, 1.82) is 0 Å². The number of hydroxylamine groups is 1. The number of ether oxygens (including phenoxy) is 2. The molecule has 3 atom stereocenters. The van der Waals surface area contributed by atoms with E-state index in [1.165, 1.54) is 5.57 Å². The first kappa shape index (κ1) is 32.5. The van der Waals surface area contributed by atoms with Gasteiger partial charge >= 0.3 is 6.09 Å². The lowest BCUT2D eigenvalue weighted by Gasteiger charge is -2.47. The molecule has 2 bridgehead atoms. The van der Waals surface area contributed by atoms with E-state index in [2.05, 4.69) is 23.5 Å². The second kappa shape index (κ2) is 14.1. The number of methoxy groups -OCH3 is 1. The minimum Gasteiger partial charge on any atom is -0.444 e. The Labute approximate surface area is 266 Å². The van der Waals surface area contributed by atoms with Crippen LogP contribution < -0.4 is 15.6 Å². The third kappa shape index (κ3) is 7.87. The van der Waals surface area contributed by atoms with Crippen LogP contribution in [0.1, 0.15) is 65.7 Å². The van der Waals surface area contributed by atoms with Crippen LogP contribution in [0.25, 0.3) is 0 Å². The summed E-state index contributed by atoms with van der Waals surface area (Å²) in [5, 5.41) is 2.87. The van der Waals surface area contributed by atoms with E-state index in [1.54, 1.807) is 36.5 Å². The topological polar surface area (TPSA) is 106 Å². The summed E-state index contributed by atoms with van der Waals surface area (Å²) in [6, 6.07) is 9.02. The van der Waals surface area contributed by atoms with Crippen molar-refractivity contribution in [3.63, 3.8) is 0 Å². The number of fused-ring (bicyclic) bond motifs is 2. The van der Waals surface area contributed by atoms with Crippen LogP contribution in [0.3, 0.4) is 0 Å². The molecule has 1 aliphatic heterocycles. The number of amides is 3. The van der Waals surface area contributed by atoms with Gasteiger partial charge in [-0.05, 0) is 94.9 Å². The maximum absolute atomic E-state index is 13.4. The lowest BCUT2D eigenvalue weighted by Crippen LogP contribution is -2.43. The zero-order chi connectivity index (χ0) is 32.1. The molecule has 2 N–H and O–H groups in total. The second-order valence-electron chi connectivity index (χ2n) is 13.5. The summed E-state index contributed by atoms with van der Waals surface area (Å²) in [6.45, 7) is 11.7. The lowest BCUT2D eigenvalue weighted by atomic mass is 9.60. The summed E-state index contributed by atoms with van der Waals surface area (Å²) in [7, 11) is 1.55. The fourth-order valence-corrected chi connectivity index (χ4v) is 7.13. The van der Waals surface area contributed by atoms with Crippen molar-refractivity contribution in [3.8, 4) is 5.75 Å². The number of piperidine rings is 1. The van der Waals surface area contributed by atoms with Gasteiger partial charge in [-0.1, -0.05) is 47.6 Å². The molecule has 9 nitrogen and oxygen atoms in total. The zero-order valence-corrected chi connectivity index (χ0v) is 27.0. The number of nitrogens with zero attached hydrogens (tertiary/aromatic N) is 1. The number of likely N-dealkylation sites (tertiary alicyclic amines) is 1. The highest BCUT2D eigenvalue weighted by atomic mass is 16.7. The number of carbonyl (C=O) groups is 3. The van der Waals surface area contributed by atoms with Gasteiger partial charge in [0.1, 0.15) is 5.60 Å². The Kier molecular flexibility index (Phi) is 10.2. The number of hydrogen-bond acceptors (Lipinski definition) is 6. The molecular weight excluding hydrogens is 570 g/mol. The molecule has 45 heavy (non-hydrogen) atoms. The Morgan fingerprint density at radius 2 is 1.82 bits per heavy atom. The van der Waals surface area contributed by atoms with Crippen molar-refractivity contribution in [2.75, 3.05) is 26.7 Å². The van der Waals surface area contributed by atoms with E-state index in [0.29, 0.717) is 49.2 Å². The van der Waals surface area contributed by atoms with Gasteiger partial charge in [0.25, 0.3) is 5.91 Å². The van der Waals surface area contributed by atoms with Crippen LogP contribution >= 0.6 is 0 Å². The predicted molar refractivity (Wildman–Crippen MR) is 172 cm³/mol. The highest BCUT2D eigenvalue weighted by Gasteiger charge is 2.43. The van der Waals surface area contributed by atoms with E-state index in [0.717, 1.165) is 44.1 Å². The average Bonchev–Trinajstić information content (AvgIpc) is 3.32. The molecule has 0 spiro atoms. The van der Waals surface area contributed by atoms with Gasteiger partial charge in [0, 0.05) is 38.7 Å². The first-order chi connectivity index (χ1) is 21.5. The molecule has 1 saturated heterocycles. The molecule has 1 aromatic rings. The molecule has 9 heteroatoms. The Morgan fingerprint density at radius 3 is 2.49 bits per heavy atom. The summed E-state index contributed by atoms with van der Waals surface area (Å²) in [4.78, 5) is 46.0. The molecule has 3 unspecified atom stereocenters. The fourth-order valence-electron chi connectivity index (χ4n) is 7.13. The smallest absolute Gasteiger partial charge is 0.407 e. The van der Waals surface area contributed by atoms with Crippen LogP contribution in [-0.2, 0) is 19.1 Å². The molecule has 0 aromatic heterocycles. The maximum atomic E-state index is 13.4. The van der Waals surface area contributed by atoms with Gasteiger partial charge in [0.2, 0.25) is 5.91 Å². The maximum Gasteiger partial charge on any atom is 0.407 e. The van der Waals surface area contributed by atoms with Gasteiger partial charge in [-0.15, -0.1) is 0 Å². The van der Waals surface area contributed by atoms with E-state index in [4.69, 9.17) is 14.3 Å². The molecule has 3 fully saturated rings. The number of hydrogen-bond donors (Lipinski definition) is 2. The Morgan fingerprint density at radius 1 is 1.09 bits per heavy atom. The number of rotatable bonds is 10. The first-order valence-corrected chi connectivity index (χ1v) is 16.1. The van der Waals surface area contributed by atoms with Gasteiger partial charge in [-0.25, -0.2) is 4.79 Å². The van der Waals surface area contributed by atoms with Gasteiger partial charge in [0.15, 0.2) is 5.75 Å². The van der Waals surface area contributed by atoms with Crippen LogP contribution in [0.15, 0.2) is 76.9 Å². The molecule has 3 aliphatic carbocycles. The number of nitrogens with one attached hydrogen (secondary N) is 2. The van der Waals surface area contributed by atoms with Crippen LogP contribution in [0, 0.1) is 17.8 Å². The third-order valence-corrected chi connectivity index (χ3v) is 9.27. The predicted octanol–water partition coefficient (Wildman–Crippen LogP) is 5.80. The molecule has 1 aromatic carbocycles. The van der Waals surface area contributed by atoms with Crippen molar-refractivity contribution in [3.05, 3.63) is 76.9 Å². The molecule has 3 amide bonds. The minimum absolute atomic E-state index is 0.0693. The van der Waals surface area contributed by atoms with E-state index >= 15 is 0 Å². The first-order valence-electron chi connectivity index (χ1n) is 16.1. The fraction of sp³-hybridized carbons (Fsp3) is 0.528. The quantitative estimate of drug-likeness (QED) is 0.149. The summed E-state index contributed by atoms with van der Waals surface area (Å²) < 4.78 is 11.0. The van der Waals surface area contributed by atoms with E-state index in [1.807, 2.05) is 43.9 Å². The van der Waals surface area contributed by atoms with Gasteiger partial charge in [-0.2, -0.15) is 5.48 Å². The number of carbonyl (C=O) groups excluding carboxylic acids is 3. The van der Waals surface area contributed by atoms with Crippen molar-refractivity contribution >= 4 is 17.9 Å². The van der Waals surface area contributed by atoms with Crippen molar-refractivity contribution in [1.82, 2.24) is 15.7 Å². The SMILES string of the molecule is C=C1C/C(=C\C(=O)N2CCC(C3C4=CCC(CCCNC(=O)OC(C)(C)C)=C3C4)CC2)C(C(=O)NOc2ccccc2)C1OC. The number of allylic oxidation sites excluding steroid dienone is 4. The summed E-state index contributed by atoms with van der Waals surface area (Å²) in [5.41, 5.74) is 8.15. The van der Waals surface area contributed by atoms with Gasteiger partial charge < -0.3 is 24.5 Å². The molecule has 0 radical (unpaired) electrons. The number of benzene rings is 1. The number of para-hydroxylation sites is 1. The van der Waals surface area contributed by atoms with Crippen molar-refractivity contribution in [2.24, 2.45) is 17.8 Å². The van der Waals surface area contributed by atoms with Crippen LogP contribution in [0.2, 0.25) is 0 Å². The second-order valence-corrected chi connectivity index (χ2v) is 13.5. The third-order valence-electron chi connectivity index (χ3n) is 9.27. The molecule has 1 heterocycles. The normalized spacial score (nSPS) is 24.2. The molecule has 242 valence electrons. The van der Waals surface area contributed by atoms with Crippen LogP contribution in [0.5, 0.6) is 5.75 Å². The van der Waals surface area contributed by atoms with Crippen molar-refractivity contribution < 1.29 is 28.7 Å². The summed E-state index contributed by atoms with van der Waals surface area (Å²) in [6.07, 6.45) is 9.44. The van der Waals surface area contributed by atoms with E-state index in [9.17, 15) is 14.4 Å². The summed E-state index contributed by atoms with van der Waals surface area (Å²) in [5.74, 6) is 0.437. The Balaban J connectivity index is 1.13. The van der Waals surface area contributed by atoms with E-state index in [-0.39, 0.29) is 17.9 Å². The van der Waals surface area contributed by atoms with E-state index < -0.39 is 17.6 Å². The Bertz CT molecular complexity index is 1380. The average molecular weight is 618 g/mol. The Hall–Kier alpha value is -3.85. The monoisotopic (exact) mass is 617 g/mol. The molecule has 2 saturated carbocycles. The molecular formula is C36H47N3O6. The van der Waals surface area contributed by atoms with Gasteiger partial charge in [-0.3, -0.25) is 9.59 Å². The highest BCUT2D eigenvalue weighted by Crippen LogP contribution is 2.53. The largest absolute Gasteiger partial charge is 0.444 e. The standard InChI is InChI=1S/C36H47N3O6/c1-23-20-27(32(33(23)43-5)34(41)38-45-28-11-7-6-8-12-28)22-30(40)39-18-15-25(16-19-39)31-26-14-13-24(29(31)21-26)10-9-17-37-35(42)44-36(2,3)4/h6-8,11-12,14,22,25,31-33H,1,9-10,13,15-21H2,2-5H3,(H,37,42)(H,38,41)/b27-22+. The summed E-state index contributed by atoms with van der Waals surface area (Å²) >= 11 is 0. The van der Waals surface area contributed by atoms with Gasteiger partial charge in [0.05, 0.1) is 12.0 Å². The van der Waals surface area contributed by atoms with Crippen molar-refractivity contribution in [2.45, 2.75) is 77.4 Å².